The Labute approximate surface area is 349 Å². The Morgan fingerprint density at radius 3 is 1.98 bits per heavy atom. The molecular weight excluding hydrogens is 676 g/mol. The summed E-state index contributed by atoms with van der Waals surface area (Å²) >= 11 is 0. The molecule has 0 aliphatic carbocycles. The van der Waals surface area contributed by atoms with Gasteiger partial charge in [-0.15, -0.1) is 12.1 Å². The molecule has 0 fully saturated rings. The van der Waals surface area contributed by atoms with Crippen LogP contribution < -0.4 is 63.1 Å². The van der Waals surface area contributed by atoms with Gasteiger partial charge in [0.15, 0.2) is 0 Å². The number of aryl methyl sites for hydroxylation is 3. The maximum absolute atomic E-state index is 4.44. The first-order chi connectivity index (χ1) is 21.7. The molecule has 2 aliphatic rings. The Balaban J connectivity index is -0.000000531. The van der Waals surface area contributed by atoms with Crippen LogP contribution in [-0.2, 0) is 6.42 Å². The maximum atomic E-state index is 4.44. The van der Waals surface area contributed by atoms with E-state index in [0.29, 0.717) is 0 Å². The van der Waals surface area contributed by atoms with E-state index in [4.69, 9.17) is 0 Å². The van der Waals surface area contributed by atoms with Gasteiger partial charge in [0.2, 0.25) is 0 Å². The molecule has 0 atom stereocenters. The summed E-state index contributed by atoms with van der Waals surface area (Å²) in [6.45, 7) is 13.4. The van der Waals surface area contributed by atoms with Crippen LogP contribution >= 0.6 is 0 Å². The van der Waals surface area contributed by atoms with Crippen LogP contribution in [0.15, 0.2) is 88.9 Å². The molecule has 6 rings (SSSR count). The first-order valence-corrected chi connectivity index (χ1v) is 16.3. The van der Waals surface area contributed by atoms with Crippen molar-refractivity contribution in [2.24, 2.45) is 9.98 Å². The van der Waals surface area contributed by atoms with Crippen molar-refractivity contribution in [1.29, 1.82) is 0 Å². The molecule has 0 saturated heterocycles. The van der Waals surface area contributed by atoms with Gasteiger partial charge in [0, 0.05) is 56.3 Å². The van der Waals surface area contributed by atoms with Crippen LogP contribution in [0.1, 0.15) is 112 Å². The molecule has 0 saturated carbocycles. The minimum absolute atomic E-state index is 0. The van der Waals surface area contributed by atoms with Crippen molar-refractivity contribution in [1.82, 2.24) is 19.4 Å². The molecule has 2 aliphatic heterocycles. The van der Waals surface area contributed by atoms with Crippen molar-refractivity contribution < 1.29 is 58.2 Å². The Morgan fingerprint density at radius 2 is 1.51 bits per heavy atom. The third-order valence-electron chi connectivity index (χ3n) is 6.75. The van der Waals surface area contributed by atoms with E-state index in [1.165, 1.54) is 55.6 Å². The van der Waals surface area contributed by atoms with Crippen LogP contribution in [0.4, 0.5) is 5.82 Å². The van der Waals surface area contributed by atoms with Crippen LogP contribution in [0.5, 0.6) is 0 Å². The van der Waals surface area contributed by atoms with Crippen LogP contribution in [0.25, 0.3) is 5.65 Å². The zero-order valence-electron chi connectivity index (χ0n) is 29.9. The number of fused-ring (bicyclic) bond motifs is 1. The molecule has 0 bridgehead atoms. The van der Waals surface area contributed by atoms with Crippen LogP contribution in [-0.4, -0.2) is 51.4 Å². The zero-order chi connectivity index (χ0) is 32.9. The maximum Gasteiger partial charge on any atom is 1.00 e. The van der Waals surface area contributed by atoms with Crippen LogP contribution in [0.2, 0.25) is 0 Å². The summed E-state index contributed by atoms with van der Waals surface area (Å²) in [5.41, 5.74) is 8.01. The SMILES string of the molecule is C.C.C.CC1=[C-]CC(C)=N1.CCCC1=NCCCC1.CCCc1ccccn1.Cc1cccc(N(C)C)n1.Cc1cn2ccccc2n1.[Rb+]. The Kier molecular flexibility index (Phi) is 31.8. The standard InChI is InChI=1S/C8H8N2.C8H12N2.C8H15N.C8H11N.C6H8N.3CH4.Rb/c1-7-6-10-5-3-2-4-8(10)9-7;1-7-5-4-6-8(9-7)10(2)3;2*1-2-5-8-6-3-4-7-9-8;1-5-3-4-6(2)7-5;;;;/h2-6H,1H3;4-6H,1-3H3;2-7H2,1H3;3-4,6-7H,2,5H2,1H3;3H2,1-2H3;3*1H4;/q;;;;-1;;;;+1. The van der Waals surface area contributed by atoms with E-state index in [2.05, 4.69) is 50.9 Å². The van der Waals surface area contributed by atoms with Gasteiger partial charge >= 0.3 is 58.2 Å². The normalized spacial score (nSPS) is 12.1. The van der Waals surface area contributed by atoms with E-state index in [1.54, 1.807) is 0 Å². The molecule has 0 N–H and O–H groups in total. The summed E-state index contributed by atoms with van der Waals surface area (Å²) in [5.74, 6) is 1.01. The molecule has 4 aromatic heterocycles. The molecule has 6 heterocycles. The average molecular weight is 742 g/mol. The quantitative estimate of drug-likeness (QED) is 0.195. The second-order valence-electron chi connectivity index (χ2n) is 11.4. The van der Waals surface area contributed by atoms with E-state index < -0.39 is 0 Å². The minimum Gasteiger partial charge on any atom is -0.468 e. The van der Waals surface area contributed by atoms with Gasteiger partial charge in [0.05, 0.1) is 5.69 Å². The molecule has 266 valence electrons. The molecule has 7 nitrogen and oxygen atoms in total. The molecule has 49 heavy (non-hydrogen) atoms. The molecule has 4 aromatic rings. The number of hydrogen-bond donors (Lipinski definition) is 0. The third-order valence-corrected chi connectivity index (χ3v) is 6.75. The Hall–Kier alpha value is -2.32. The first kappa shape index (κ1) is 51.0. The van der Waals surface area contributed by atoms with E-state index in [0.717, 1.165) is 47.9 Å². The van der Waals surface area contributed by atoms with E-state index in [1.807, 2.05) is 118 Å². The summed E-state index contributed by atoms with van der Waals surface area (Å²) in [6, 6.07) is 18.0. The van der Waals surface area contributed by atoms with Crippen molar-refractivity contribution in [3.63, 3.8) is 0 Å². The summed E-state index contributed by atoms with van der Waals surface area (Å²) in [7, 11) is 3.98. The van der Waals surface area contributed by atoms with Gasteiger partial charge in [-0.1, -0.05) is 74.1 Å². The van der Waals surface area contributed by atoms with Crippen molar-refractivity contribution in [2.75, 3.05) is 25.5 Å². The van der Waals surface area contributed by atoms with Gasteiger partial charge < -0.3 is 20.4 Å². The van der Waals surface area contributed by atoms with Crippen molar-refractivity contribution in [3.05, 3.63) is 102 Å². The summed E-state index contributed by atoms with van der Waals surface area (Å²) in [4.78, 5) is 23.3. The monoisotopic (exact) mass is 741 g/mol. The molecule has 0 radical (unpaired) electrons. The smallest absolute Gasteiger partial charge is 0.468 e. The number of nitrogens with zero attached hydrogens (tertiary/aromatic N) is 7. The number of hydrogen-bond acceptors (Lipinski definition) is 6. The Bertz CT molecular complexity index is 1440. The number of aromatic nitrogens is 4. The van der Waals surface area contributed by atoms with Gasteiger partial charge in [-0.25, -0.2) is 9.97 Å². The average Bonchev–Trinajstić information content (AvgIpc) is 3.62. The van der Waals surface area contributed by atoms with E-state index >= 15 is 0 Å². The number of allylic oxidation sites excluding steroid dienone is 2. The van der Waals surface area contributed by atoms with E-state index in [9.17, 15) is 0 Å². The Morgan fingerprint density at radius 1 is 0.796 bits per heavy atom. The molecule has 0 spiro atoms. The van der Waals surface area contributed by atoms with Crippen molar-refractivity contribution in [2.45, 2.75) is 115 Å². The van der Waals surface area contributed by atoms with Gasteiger partial charge in [0.25, 0.3) is 0 Å². The minimum atomic E-state index is 0. The van der Waals surface area contributed by atoms with Crippen molar-refractivity contribution >= 4 is 22.9 Å². The molecular formula is C41H66N7Rb. The fourth-order valence-electron chi connectivity index (χ4n) is 4.51. The molecule has 0 unspecified atom stereocenters. The van der Waals surface area contributed by atoms with Gasteiger partial charge in [-0.3, -0.25) is 9.98 Å². The van der Waals surface area contributed by atoms with Crippen molar-refractivity contribution in [3.8, 4) is 0 Å². The topological polar surface area (TPSA) is 71.0 Å². The zero-order valence-corrected chi connectivity index (χ0v) is 34.8. The van der Waals surface area contributed by atoms with Crippen LogP contribution in [0.3, 0.4) is 0 Å². The number of imidazole rings is 1. The summed E-state index contributed by atoms with van der Waals surface area (Å²) in [6.07, 6.45) is 18.6. The number of anilines is 1. The summed E-state index contributed by atoms with van der Waals surface area (Å²) < 4.78 is 2.01. The van der Waals surface area contributed by atoms with Gasteiger partial charge in [0.1, 0.15) is 11.5 Å². The molecule has 0 amide bonds. The third kappa shape index (κ3) is 22.9. The largest absolute Gasteiger partial charge is 1.00 e. The van der Waals surface area contributed by atoms with Gasteiger partial charge in [-0.2, -0.15) is 0 Å². The fourth-order valence-corrected chi connectivity index (χ4v) is 4.51. The van der Waals surface area contributed by atoms with E-state index in [-0.39, 0.29) is 80.5 Å². The predicted octanol–water partition coefficient (Wildman–Crippen LogP) is 8.01. The number of pyridine rings is 3. The number of rotatable bonds is 5. The molecule has 0 aromatic carbocycles. The second kappa shape index (κ2) is 30.5. The number of aliphatic imine (C=N–C) groups is 2. The second-order valence-corrected chi connectivity index (χ2v) is 11.4. The summed E-state index contributed by atoms with van der Waals surface area (Å²) in [5, 5.41) is 0. The fraction of sp³-hybridized carbons (Fsp3) is 0.488. The van der Waals surface area contributed by atoms with Crippen LogP contribution in [0, 0.1) is 19.9 Å². The molecule has 8 heteroatoms. The predicted molar refractivity (Wildman–Crippen MR) is 213 cm³/mol. The first-order valence-electron chi connectivity index (χ1n) is 16.3. The van der Waals surface area contributed by atoms with Gasteiger partial charge in [-0.05, 0) is 95.0 Å².